The summed E-state index contributed by atoms with van der Waals surface area (Å²) in [5.41, 5.74) is 2.97. The van der Waals surface area contributed by atoms with Crippen LogP contribution in [-0.2, 0) is 36.7 Å². The molecule has 0 aliphatic carbocycles. The van der Waals surface area contributed by atoms with Crippen molar-refractivity contribution in [3.8, 4) is 11.3 Å². The van der Waals surface area contributed by atoms with E-state index in [-0.39, 0.29) is 19.6 Å². The van der Waals surface area contributed by atoms with Crippen LogP contribution in [0, 0.1) is 0 Å². The van der Waals surface area contributed by atoms with Gasteiger partial charge >= 0.3 is 11.9 Å². The van der Waals surface area contributed by atoms with Crippen LogP contribution in [0.2, 0.25) is 0 Å². The highest BCUT2D eigenvalue weighted by atomic mass is 16.6. The smallest absolute Gasteiger partial charge is 0.343 e. The van der Waals surface area contributed by atoms with E-state index in [1.807, 2.05) is 24.3 Å². The molecule has 0 saturated carbocycles. The Morgan fingerprint density at radius 1 is 0.921 bits per heavy atom. The maximum atomic E-state index is 12.8. The Balaban J connectivity index is 1.72. The predicted octanol–water partition coefficient (Wildman–Crippen LogP) is 4.99. The first-order valence-corrected chi connectivity index (χ1v) is 12.9. The molecule has 0 saturated heterocycles. The van der Waals surface area contributed by atoms with Gasteiger partial charge in [0, 0.05) is 18.9 Å². The van der Waals surface area contributed by atoms with Crippen LogP contribution in [0.5, 0.6) is 0 Å². The quantitative estimate of drug-likeness (QED) is 0.265. The number of carbonyl (C=O) groups excluding carboxylic acids is 3. The first kappa shape index (κ1) is 28.6. The number of benzene rings is 2. The van der Waals surface area contributed by atoms with Crippen molar-refractivity contribution in [3.05, 3.63) is 77.4 Å². The van der Waals surface area contributed by atoms with Gasteiger partial charge in [-0.2, -0.15) is 0 Å². The summed E-state index contributed by atoms with van der Waals surface area (Å²) in [5.74, 6) is -1.08. The van der Waals surface area contributed by atoms with Crippen LogP contribution in [-0.4, -0.2) is 41.6 Å². The van der Waals surface area contributed by atoms with Crippen molar-refractivity contribution in [3.63, 3.8) is 0 Å². The molecule has 0 atom stereocenters. The molecule has 0 fully saturated rings. The van der Waals surface area contributed by atoms with Crippen molar-refractivity contribution < 1.29 is 28.3 Å². The highest BCUT2D eigenvalue weighted by molar-refractivity contribution is 6.07. The van der Waals surface area contributed by atoms with E-state index >= 15 is 0 Å². The van der Waals surface area contributed by atoms with Crippen molar-refractivity contribution in [1.82, 2.24) is 10.3 Å². The Morgan fingerprint density at radius 2 is 1.50 bits per heavy atom. The van der Waals surface area contributed by atoms with Gasteiger partial charge in [-0.25, -0.2) is 14.6 Å². The highest BCUT2D eigenvalue weighted by Crippen LogP contribution is 2.24. The zero-order valence-corrected chi connectivity index (χ0v) is 22.7. The minimum Gasteiger partial charge on any atom is -0.464 e. The lowest BCUT2D eigenvalue weighted by Gasteiger charge is -2.29. The van der Waals surface area contributed by atoms with Crippen LogP contribution in [0.25, 0.3) is 11.3 Å². The van der Waals surface area contributed by atoms with Gasteiger partial charge in [0.25, 0.3) is 0 Å². The molecule has 8 nitrogen and oxygen atoms in total. The first-order chi connectivity index (χ1) is 18.2. The van der Waals surface area contributed by atoms with E-state index in [2.05, 4.69) is 48.4 Å². The Labute approximate surface area is 223 Å². The number of hydrogen-bond acceptors (Lipinski definition) is 7. The van der Waals surface area contributed by atoms with Gasteiger partial charge in [0.05, 0.1) is 13.2 Å². The van der Waals surface area contributed by atoms with E-state index in [1.54, 1.807) is 20.1 Å². The van der Waals surface area contributed by atoms with Crippen molar-refractivity contribution >= 4 is 17.8 Å². The van der Waals surface area contributed by atoms with Crippen molar-refractivity contribution in [1.29, 1.82) is 0 Å². The summed E-state index contributed by atoms with van der Waals surface area (Å²) in [6.07, 6.45) is 2.56. The van der Waals surface area contributed by atoms with Gasteiger partial charge in [-0.05, 0) is 49.3 Å². The number of amides is 1. The van der Waals surface area contributed by atoms with Crippen LogP contribution in [0.1, 0.15) is 69.5 Å². The number of nitrogens with one attached hydrogen (secondary N) is 1. The minimum absolute atomic E-state index is 0.00665. The number of aryl methyl sites for hydroxylation is 1. The van der Waals surface area contributed by atoms with Crippen molar-refractivity contribution in [2.75, 3.05) is 13.2 Å². The lowest BCUT2D eigenvalue weighted by atomic mass is 9.90. The van der Waals surface area contributed by atoms with Crippen molar-refractivity contribution in [2.24, 2.45) is 0 Å². The molecule has 38 heavy (non-hydrogen) atoms. The molecule has 202 valence electrons. The molecule has 3 rings (SSSR count). The summed E-state index contributed by atoms with van der Waals surface area (Å²) < 4.78 is 16.0. The SMILES string of the molecule is CCOC(=O)C(CCc1ccc(-c2coc(Cc3ccc(C(C)C)cc3)n2)cc1)(NC(C)=O)C(=O)OCC. The molecule has 1 N–H and O–H groups in total. The van der Waals surface area contributed by atoms with Gasteiger partial charge in [-0.1, -0.05) is 62.4 Å². The van der Waals surface area contributed by atoms with Gasteiger partial charge in [-0.3, -0.25) is 4.79 Å². The molecule has 0 aliphatic rings. The number of aromatic nitrogens is 1. The van der Waals surface area contributed by atoms with E-state index in [9.17, 15) is 14.4 Å². The average Bonchev–Trinajstić information content (AvgIpc) is 3.35. The molecule has 1 heterocycles. The molecule has 1 aromatic heterocycles. The number of hydrogen-bond donors (Lipinski definition) is 1. The fraction of sp³-hybridized carbons (Fsp3) is 0.400. The number of rotatable bonds is 12. The number of ether oxygens (including phenoxy) is 2. The van der Waals surface area contributed by atoms with E-state index in [0.29, 0.717) is 24.7 Å². The molecule has 0 unspecified atom stereocenters. The van der Waals surface area contributed by atoms with E-state index in [4.69, 9.17) is 13.9 Å². The van der Waals surface area contributed by atoms with E-state index < -0.39 is 23.4 Å². The summed E-state index contributed by atoms with van der Waals surface area (Å²) in [6, 6.07) is 16.1. The second-order valence-electron chi connectivity index (χ2n) is 9.42. The Kier molecular flexibility index (Phi) is 9.82. The second-order valence-corrected chi connectivity index (χ2v) is 9.42. The third kappa shape index (κ3) is 7.09. The van der Waals surface area contributed by atoms with Gasteiger partial charge < -0.3 is 19.2 Å². The fourth-order valence-corrected chi connectivity index (χ4v) is 4.15. The number of esters is 2. The van der Waals surface area contributed by atoms with Crippen LogP contribution in [0.15, 0.2) is 59.2 Å². The second kappa shape index (κ2) is 13.0. The summed E-state index contributed by atoms with van der Waals surface area (Å²) in [5, 5.41) is 2.49. The lowest BCUT2D eigenvalue weighted by Crippen LogP contribution is -2.61. The third-order valence-corrected chi connectivity index (χ3v) is 6.23. The molecule has 8 heteroatoms. The molecule has 1 amide bonds. The first-order valence-electron chi connectivity index (χ1n) is 12.9. The summed E-state index contributed by atoms with van der Waals surface area (Å²) in [6.45, 7) is 8.99. The Hall–Kier alpha value is -3.94. The molecular formula is C30H36N2O6. The number of oxazole rings is 1. The molecule has 0 spiro atoms. The minimum atomic E-state index is -1.91. The zero-order valence-electron chi connectivity index (χ0n) is 22.7. The highest BCUT2D eigenvalue weighted by Gasteiger charge is 2.49. The van der Waals surface area contributed by atoms with Gasteiger partial charge in [0.2, 0.25) is 11.4 Å². The third-order valence-electron chi connectivity index (χ3n) is 6.23. The monoisotopic (exact) mass is 520 g/mol. The van der Waals surface area contributed by atoms with Crippen LogP contribution in [0.4, 0.5) is 0 Å². The largest absolute Gasteiger partial charge is 0.464 e. The van der Waals surface area contributed by atoms with E-state index in [0.717, 1.165) is 22.4 Å². The van der Waals surface area contributed by atoms with Crippen LogP contribution >= 0.6 is 0 Å². The normalized spacial score (nSPS) is 11.3. The number of carbonyl (C=O) groups is 3. The van der Waals surface area contributed by atoms with E-state index in [1.165, 1.54) is 12.5 Å². The molecular weight excluding hydrogens is 484 g/mol. The Morgan fingerprint density at radius 3 is 2.03 bits per heavy atom. The summed E-state index contributed by atoms with van der Waals surface area (Å²) in [7, 11) is 0. The van der Waals surface area contributed by atoms with Crippen molar-refractivity contribution in [2.45, 2.75) is 65.3 Å². The van der Waals surface area contributed by atoms with Gasteiger partial charge in [-0.15, -0.1) is 0 Å². The predicted molar refractivity (Wildman–Crippen MR) is 143 cm³/mol. The number of nitrogens with zero attached hydrogens (tertiary/aromatic N) is 1. The zero-order chi connectivity index (χ0) is 27.7. The maximum Gasteiger partial charge on any atom is 0.343 e. The molecule has 2 aromatic carbocycles. The molecule has 0 radical (unpaired) electrons. The maximum absolute atomic E-state index is 12.8. The summed E-state index contributed by atoms with van der Waals surface area (Å²) in [4.78, 5) is 42.1. The van der Waals surface area contributed by atoms with Gasteiger partial charge in [0.15, 0.2) is 5.89 Å². The van der Waals surface area contributed by atoms with Crippen LogP contribution < -0.4 is 5.32 Å². The fourth-order valence-electron chi connectivity index (χ4n) is 4.15. The molecule has 0 aliphatic heterocycles. The Bertz CT molecular complexity index is 1210. The lowest BCUT2D eigenvalue weighted by molar-refractivity contribution is -0.168. The topological polar surface area (TPSA) is 108 Å². The standard InChI is InChI=1S/C30H36N2O6/c1-6-36-28(34)30(32-21(5)33,29(35)37-7-2)17-16-22-8-14-25(15-9-22)26-19-38-27(31-26)18-23-10-12-24(13-11-23)20(3)4/h8-15,19-20H,6-7,16-18H2,1-5H3,(H,32,33). The van der Waals surface area contributed by atoms with Gasteiger partial charge in [0.1, 0.15) is 12.0 Å². The summed E-state index contributed by atoms with van der Waals surface area (Å²) >= 11 is 0. The average molecular weight is 521 g/mol. The molecule has 0 bridgehead atoms. The van der Waals surface area contributed by atoms with Crippen LogP contribution in [0.3, 0.4) is 0 Å². The molecule has 3 aromatic rings.